The van der Waals surface area contributed by atoms with E-state index < -0.39 is 0 Å². The lowest BCUT2D eigenvalue weighted by molar-refractivity contribution is 0.0996. The molecule has 1 N–H and O–H groups in total. The minimum absolute atomic E-state index is 0.240. The summed E-state index contributed by atoms with van der Waals surface area (Å²) in [6.45, 7) is 0. The Kier molecular flexibility index (Phi) is 2.57. The highest BCUT2D eigenvalue weighted by Gasteiger charge is 2.08. The van der Waals surface area contributed by atoms with Gasteiger partial charge in [0.25, 0.3) is 5.91 Å². The molecule has 0 unspecified atom stereocenters. The van der Waals surface area contributed by atoms with Crippen LogP contribution in [0.15, 0.2) is 65.3 Å². The van der Waals surface area contributed by atoms with Gasteiger partial charge in [-0.15, -0.1) is 0 Å². The number of rotatable bonds is 2. The van der Waals surface area contributed by atoms with Gasteiger partial charge in [0.2, 0.25) is 0 Å². The highest BCUT2D eigenvalue weighted by molar-refractivity contribution is 6.03. The molecule has 1 heterocycles. The van der Waals surface area contributed by atoms with E-state index in [0.29, 0.717) is 5.76 Å². The molecule has 3 heteroatoms. The lowest BCUT2D eigenvalue weighted by Gasteiger charge is -2.04. The van der Waals surface area contributed by atoms with E-state index in [1.807, 2.05) is 42.5 Å². The van der Waals surface area contributed by atoms with Crippen LogP contribution in [0.5, 0.6) is 0 Å². The maximum absolute atomic E-state index is 11.8. The number of furan rings is 1. The summed E-state index contributed by atoms with van der Waals surface area (Å²) < 4.78 is 5.04. The minimum Gasteiger partial charge on any atom is -0.459 e. The number of hydrogen-bond acceptors (Lipinski definition) is 2. The van der Waals surface area contributed by atoms with E-state index in [4.69, 9.17) is 4.42 Å². The van der Waals surface area contributed by atoms with Crippen molar-refractivity contribution in [3.63, 3.8) is 0 Å². The Morgan fingerprint density at radius 1 is 0.944 bits per heavy atom. The summed E-state index contributed by atoms with van der Waals surface area (Å²) in [5.41, 5.74) is 0.759. The van der Waals surface area contributed by atoms with Crippen LogP contribution in [-0.4, -0.2) is 5.91 Å². The molecule has 18 heavy (non-hydrogen) atoms. The van der Waals surface area contributed by atoms with Crippen molar-refractivity contribution in [2.24, 2.45) is 0 Å². The molecule has 0 aliphatic rings. The molecule has 0 atom stereocenters. The minimum atomic E-state index is -0.240. The number of hydrogen-bond donors (Lipinski definition) is 1. The summed E-state index contributed by atoms with van der Waals surface area (Å²) >= 11 is 0. The molecule has 2 aromatic carbocycles. The van der Waals surface area contributed by atoms with Gasteiger partial charge in [-0.3, -0.25) is 4.79 Å². The Morgan fingerprint density at radius 2 is 1.78 bits per heavy atom. The fraction of sp³-hybridized carbons (Fsp3) is 0. The number of carbonyl (C=O) groups excluding carboxylic acids is 1. The first-order chi connectivity index (χ1) is 8.83. The number of nitrogens with one attached hydrogen (secondary N) is 1. The Balaban J connectivity index is 1.89. The van der Waals surface area contributed by atoms with Gasteiger partial charge in [-0.05, 0) is 35.0 Å². The summed E-state index contributed by atoms with van der Waals surface area (Å²) in [4.78, 5) is 11.8. The Hall–Kier alpha value is -2.55. The van der Waals surface area contributed by atoms with Crippen LogP contribution in [0.2, 0.25) is 0 Å². The molecule has 0 fully saturated rings. The SMILES string of the molecule is O=C(Nc1ccc2ccccc2c1)c1ccco1. The first kappa shape index (κ1) is 10.6. The maximum atomic E-state index is 11.8. The third-order valence-corrected chi connectivity index (χ3v) is 2.75. The number of anilines is 1. The van der Waals surface area contributed by atoms with Gasteiger partial charge in [0.15, 0.2) is 5.76 Å². The zero-order valence-electron chi connectivity index (χ0n) is 9.59. The summed E-state index contributed by atoms with van der Waals surface area (Å²) in [5.74, 6) is 0.0680. The van der Waals surface area contributed by atoms with Gasteiger partial charge in [0.05, 0.1) is 6.26 Å². The second-order valence-corrected chi connectivity index (χ2v) is 3.99. The maximum Gasteiger partial charge on any atom is 0.291 e. The third-order valence-electron chi connectivity index (χ3n) is 2.75. The molecule has 0 radical (unpaired) electrons. The number of amides is 1. The van der Waals surface area contributed by atoms with Crippen LogP contribution in [0.25, 0.3) is 10.8 Å². The van der Waals surface area contributed by atoms with E-state index in [0.717, 1.165) is 16.5 Å². The van der Waals surface area contributed by atoms with E-state index in [-0.39, 0.29) is 5.91 Å². The number of benzene rings is 2. The molecule has 88 valence electrons. The smallest absolute Gasteiger partial charge is 0.291 e. The van der Waals surface area contributed by atoms with Crippen LogP contribution in [0.4, 0.5) is 5.69 Å². The fourth-order valence-electron chi connectivity index (χ4n) is 1.87. The van der Waals surface area contributed by atoms with Gasteiger partial charge in [-0.25, -0.2) is 0 Å². The molecule has 3 aromatic rings. The second kappa shape index (κ2) is 4.37. The molecule has 1 amide bonds. The van der Waals surface area contributed by atoms with Crippen molar-refractivity contribution < 1.29 is 9.21 Å². The molecule has 0 bridgehead atoms. The zero-order valence-corrected chi connectivity index (χ0v) is 9.59. The van der Waals surface area contributed by atoms with Crippen molar-refractivity contribution in [2.75, 3.05) is 5.32 Å². The van der Waals surface area contributed by atoms with E-state index >= 15 is 0 Å². The van der Waals surface area contributed by atoms with Crippen molar-refractivity contribution in [2.45, 2.75) is 0 Å². The van der Waals surface area contributed by atoms with Crippen molar-refractivity contribution in [3.05, 3.63) is 66.6 Å². The molecule has 0 aliphatic carbocycles. The Bertz CT molecular complexity index is 687. The summed E-state index contributed by atoms with van der Waals surface area (Å²) in [6.07, 6.45) is 1.48. The van der Waals surface area contributed by atoms with Crippen molar-refractivity contribution in [1.82, 2.24) is 0 Å². The van der Waals surface area contributed by atoms with Crippen molar-refractivity contribution in [1.29, 1.82) is 0 Å². The molecule has 1 aromatic heterocycles. The van der Waals surface area contributed by atoms with Crippen molar-refractivity contribution in [3.8, 4) is 0 Å². The molecule has 0 aliphatic heterocycles. The molecule has 0 saturated carbocycles. The van der Waals surface area contributed by atoms with E-state index in [1.54, 1.807) is 12.1 Å². The summed E-state index contributed by atoms with van der Waals surface area (Å²) in [7, 11) is 0. The highest BCUT2D eigenvalue weighted by atomic mass is 16.3. The molecule has 0 spiro atoms. The largest absolute Gasteiger partial charge is 0.459 e. The van der Waals surface area contributed by atoms with Gasteiger partial charge < -0.3 is 9.73 Å². The highest BCUT2D eigenvalue weighted by Crippen LogP contribution is 2.19. The predicted molar refractivity (Wildman–Crippen MR) is 70.6 cm³/mol. The average molecular weight is 237 g/mol. The summed E-state index contributed by atoms with van der Waals surface area (Å²) in [5, 5.41) is 5.04. The predicted octanol–water partition coefficient (Wildman–Crippen LogP) is 3.69. The Labute approximate surface area is 104 Å². The van der Waals surface area contributed by atoms with Crippen LogP contribution in [-0.2, 0) is 0 Å². The molecular formula is C15H11NO2. The van der Waals surface area contributed by atoms with Gasteiger partial charge in [-0.1, -0.05) is 30.3 Å². The van der Waals surface area contributed by atoms with Crippen LogP contribution in [0, 0.1) is 0 Å². The standard InChI is InChI=1S/C15H11NO2/c17-15(14-6-3-9-18-14)16-13-8-7-11-4-1-2-5-12(11)10-13/h1-10H,(H,16,17). The lowest BCUT2D eigenvalue weighted by atomic mass is 10.1. The molecule has 3 nitrogen and oxygen atoms in total. The fourth-order valence-corrected chi connectivity index (χ4v) is 1.87. The topological polar surface area (TPSA) is 42.2 Å². The van der Waals surface area contributed by atoms with Gasteiger partial charge in [0, 0.05) is 5.69 Å². The number of fused-ring (bicyclic) bond motifs is 1. The van der Waals surface area contributed by atoms with E-state index in [9.17, 15) is 4.79 Å². The Morgan fingerprint density at radius 3 is 2.56 bits per heavy atom. The van der Waals surface area contributed by atoms with Gasteiger partial charge in [-0.2, -0.15) is 0 Å². The second-order valence-electron chi connectivity index (χ2n) is 3.99. The van der Waals surface area contributed by atoms with Crippen LogP contribution < -0.4 is 5.32 Å². The summed E-state index contributed by atoms with van der Waals surface area (Å²) in [6, 6.07) is 17.1. The molecular weight excluding hydrogens is 226 g/mol. The van der Waals surface area contributed by atoms with Gasteiger partial charge in [0.1, 0.15) is 0 Å². The van der Waals surface area contributed by atoms with Crippen molar-refractivity contribution >= 4 is 22.4 Å². The monoisotopic (exact) mass is 237 g/mol. The first-order valence-corrected chi connectivity index (χ1v) is 5.66. The molecule has 0 saturated heterocycles. The van der Waals surface area contributed by atoms with Crippen LogP contribution >= 0.6 is 0 Å². The van der Waals surface area contributed by atoms with Crippen LogP contribution in [0.3, 0.4) is 0 Å². The van der Waals surface area contributed by atoms with Gasteiger partial charge >= 0.3 is 0 Å². The zero-order chi connectivity index (χ0) is 12.4. The van der Waals surface area contributed by atoms with E-state index in [1.165, 1.54) is 6.26 Å². The van der Waals surface area contributed by atoms with E-state index in [2.05, 4.69) is 5.32 Å². The normalized spacial score (nSPS) is 10.4. The average Bonchev–Trinajstić information content (AvgIpc) is 2.92. The number of carbonyl (C=O) groups is 1. The lowest BCUT2D eigenvalue weighted by Crippen LogP contribution is -2.10. The first-order valence-electron chi connectivity index (χ1n) is 5.66. The third kappa shape index (κ3) is 1.98. The van der Waals surface area contributed by atoms with Crippen LogP contribution in [0.1, 0.15) is 10.6 Å². The molecule has 3 rings (SSSR count). The quantitative estimate of drug-likeness (QED) is 0.738.